The van der Waals surface area contributed by atoms with Gasteiger partial charge in [-0.05, 0) is 0 Å². The van der Waals surface area contributed by atoms with Crippen molar-refractivity contribution in [2.75, 3.05) is 0 Å². The molecule has 0 aliphatic rings. The van der Waals surface area contributed by atoms with E-state index in [1.807, 2.05) is 0 Å². The second-order valence-electron chi connectivity index (χ2n) is 3.33. The monoisotopic (exact) mass is 432 g/mol. The molecule has 0 fully saturated rings. The van der Waals surface area contributed by atoms with Gasteiger partial charge in [-0.15, -0.1) is 0 Å². The molecular formula is C6H10Na2O15S2. The van der Waals surface area contributed by atoms with Crippen molar-refractivity contribution in [3.8, 4) is 0 Å². The topological polar surface area (TPSA) is 287 Å². The second-order valence-corrected chi connectivity index (χ2v) is 5.04. The Kier molecular flexibility index (Phi) is 21.9. The molecule has 0 aliphatic heterocycles. The minimum absolute atomic E-state index is 0. The molecule has 0 saturated carbocycles. The standard InChI is InChI=1S/C6H8O7.2Na.2H2O4S/c7-3(8)1-6(13,5(11)12)2-4(9)10;;;2*1-5(2,3)4/h13H,1-2H2,(H,7,8)(H,9,10)(H,11,12);;;2*(H2,1,2,3,4)/q;2*+1;;/p-2. The fraction of sp³-hybridized carbons (Fsp3) is 0.500. The van der Waals surface area contributed by atoms with Crippen LogP contribution in [0.4, 0.5) is 0 Å². The average Bonchev–Trinajstić information content (AvgIpc) is 2.07. The molecule has 0 atom stereocenters. The largest absolute Gasteiger partial charge is 1.00 e. The summed E-state index contributed by atoms with van der Waals surface area (Å²) in [5, 5.41) is 33.8. The number of carboxylic acid groups (broad SMARTS) is 3. The van der Waals surface area contributed by atoms with Gasteiger partial charge in [-0.3, -0.25) is 18.7 Å². The maximum absolute atomic E-state index is 10.3. The van der Waals surface area contributed by atoms with Crippen molar-refractivity contribution in [2.24, 2.45) is 0 Å². The molecule has 0 bridgehead atoms. The van der Waals surface area contributed by atoms with Crippen molar-refractivity contribution in [3.63, 3.8) is 0 Å². The molecule has 15 nitrogen and oxygen atoms in total. The van der Waals surface area contributed by atoms with E-state index in [9.17, 15) is 14.4 Å². The van der Waals surface area contributed by atoms with Gasteiger partial charge >= 0.3 is 77.0 Å². The van der Waals surface area contributed by atoms with E-state index in [1.165, 1.54) is 0 Å². The minimum Gasteiger partial charge on any atom is -0.726 e. The van der Waals surface area contributed by atoms with Crippen LogP contribution in [0.2, 0.25) is 0 Å². The van der Waals surface area contributed by atoms with Crippen LogP contribution < -0.4 is 59.1 Å². The predicted octanol–water partition coefficient (Wildman–Crippen LogP) is -9.23. The van der Waals surface area contributed by atoms with E-state index in [-0.39, 0.29) is 59.1 Å². The van der Waals surface area contributed by atoms with Crippen LogP contribution in [0.1, 0.15) is 12.8 Å². The van der Waals surface area contributed by atoms with Gasteiger partial charge in [0.2, 0.25) is 20.8 Å². The number of carbonyl (C=O) groups is 3. The SMILES string of the molecule is O=C(O)CC(O)(CC(=O)O)C(=O)O.O=S(=O)([O-])O.O=S(=O)([O-])O.[Na+].[Na+]. The van der Waals surface area contributed by atoms with Crippen LogP contribution in [-0.4, -0.2) is 79.0 Å². The van der Waals surface area contributed by atoms with Crippen LogP contribution in [0, 0.1) is 0 Å². The summed E-state index contributed by atoms with van der Waals surface area (Å²) >= 11 is 0. The third kappa shape index (κ3) is 45.4. The van der Waals surface area contributed by atoms with Gasteiger partial charge in [-0.2, -0.15) is 0 Å². The summed E-state index contributed by atoms with van der Waals surface area (Å²) in [7, 11) is -9.83. The summed E-state index contributed by atoms with van der Waals surface area (Å²) in [5.74, 6) is -5.02. The smallest absolute Gasteiger partial charge is 0.726 e. The number of hydrogen-bond donors (Lipinski definition) is 6. The Morgan fingerprint density at radius 1 is 0.760 bits per heavy atom. The van der Waals surface area contributed by atoms with Crippen molar-refractivity contribution >= 4 is 38.7 Å². The number of carboxylic acids is 3. The molecule has 25 heavy (non-hydrogen) atoms. The van der Waals surface area contributed by atoms with Crippen LogP contribution >= 0.6 is 0 Å². The predicted molar refractivity (Wildman–Crippen MR) is 61.7 cm³/mol. The summed E-state index contributed by atoms with van der Waals surface area (Å²) in [5.41, 5.74) is -2.74. The Bertz CT molecular complexity index is 560. The number of aliphatic hydroxyl groups is 1. The first-order chi connectivity index (χ1) is 9.78. The molecule has 0 heterocycles. The van der Waals surface area contributed by atoms with Crippen LogP contribution in [0.3, 0.4) is 0 Å². The van der Waals surface area contributed by atoms with Gasteiger partial charge in [0, 0.05) is 0 Å². The molecule has 138 valence electrons. The molecule has 0 amide bonds. The molecule has 0 aliphatic carbocycles. The van der Waals surface area contributed by atoms with Crippen molar-refractivity contribution < 1.29 is 129 Å². The Hall–Kier alpha value is 0.110. The van der Waals surface area contributed by atoms with Crippen molar-refractivity contribution in [1.82, 2.24) is 0 Å². The first-order valence-corrected chi connectivity index (χ1v) is 7.27. The van der Waals surface area contributed by atoms with Crippen LogP contribution in [0.15, 0.2) is 0 Å². The zero-order valence-corrected chi connectivity index (χ0v) is 18.2. The number of aliphatic carboxylic acids is 3. The average molecular weight is 432 g/mol. The quantitative estimate of drug-likeness (QED) is 0.133. The maximum Gasteiger partial charge on any atom is 1.00 e. The molecule has 19 heteroatoms. The van der Waals surface area contributed by atoms with E-state index in [4.69, 9.17) is 55.5 Å². The molecule has 0 aromatic rings. The fourth-order valence-electron chi connectivity index (χ4n) is 0.714. The molecule has 6 N–H and O–H groups in total. The third-order valence-electron chi connectivity index (χ3n) is 1.29. The van der Waals surface area contributed by atoms with Gasteiger partial charge < -0.3 is 29.5 Å². The Labute approximate surface area is 184 Å². The third-order valence-corrected chi connectivity index (χ3v) is 1.29. The summed E-state index contributed by atoms with van der Waals surface area (Å²) < 4.78 is 65.7. The summed E-state index contributed by atoms with van der Waals surface area (Å²) in [4.78, 5) is 30.5. The van der Waals surface area contributed by atoms with Gasteiger partial charge in [0.15, 0.2) is 5.60 Å². The van der Waals surface area contributed by atoms with Crippen molar-refractivity contribution in [2.45, 2.75) is 18.4 Å². The van der Waals surface area contributed by atoms with E-state index < -0.39 is 57.1 Å². The van der Waals surface area contributed by atoms with Gasteiger partial charge in [-0.1, -0.05) is 0 Å². The Morgan fingerprint density at radius 3 is 1.00 bits per heavy atom. The normalized spacial score (nSPS) is 10.3. The van der Waals surface area contributed by atoms with E-state index in [1.54, 1.807) is 0 Å². The summed E-state index contributed by atoms with van der Waals surface area (Å²) in [6.45, 7) is 0. The summed E-state index contributed by atoms with van der Waals surface area (Å²) in [6, 6.07) is 0. The van der Waals surface area contributed by atoms with Crippen LogP contribution in [0.5, 0.6) is 0 Å². The van der Waals surface area contributed by atoms with Crippen molar-refractivity contribution in [1.29, 1.82) is 0 Å². The maximum atomic E-state index is 10.3. The molecule has 0 aromatic carbocycles. The summed E-state index contributed by atoms with van der Waals surface area (Å²) in [6.07, 6.45) is -2.29. The Balaban J connectivity index is -0.0000000933. The first-order valence-electron chi connectivity index (χ1n) is 4.54. The molecule has 0 radical (unpaired) electrons. The van der Waals surface area contributed by atoms with E-state index in [0.29, 0.717) is 0 Å². The van der Waals surface area contributed by atoms with Crippen LogP contribution in [-0.2, 0) is 35.2 Å². The number of rotatable bonds is 5. The van der Waals surface area contributed by atoms with Gasteiger partial charge in [0.05, 0.1) is 12.8 Å². The first kappa shape index (κ1) is 36.1. The fourth-order valence-corrected chi connectivity index (χ4v) is 0.714. The zero-order valence-electron chi connectivity index (χ0n) is 12.6. The second kappa shape index (κ2) is 15.2. The molecular weight excluding hydrogens is 422 g/mol. The van der Waals surface area contributed by atoms with E-state index >= 15 is 0 Å². The molecule has 0 saturated heterocycles. The van der Waals surface area contributed by atoms with E-state index in [0.717, 1.165) is 0 Å². The van der Waals surface area contributed by atoms with Crippen LogP contribution in [0.25, 0.3) is 0 Å². The van der Waals surface area contributed by atoms with Gasteiger partial charge in [0.1, 0.15) is 0 Å². The zero-order chi connectivity index (χ0) is 19.6. The molecule has 0 rings (SSSR count). The van der Waals surface area contributed by atoms with E-state index in [2.05, 4.69) is 0 Å². The minimum atomic E-state index is -4.92. The molecule has 0 unspecified atom stereocenters. The Morgan fingerprint density at radius 2 is 0.920 bits per heavy atom. The number of hydrogen-bond acceptors (Lipinski definition) is 10. The van der Waals surface area contributed by atoms with Gasteiger partial charge in [-0.25, -0.2) is 21.6 Å². The van der Waals surface area contributed by atoms with Crippen molar-refractivity contribution in [3.05, 3.63) is 0 Å². The molecule has 0 spiro atoms. The van der Waals surface area contributed by atoms with Gasteiger partial charge in [0.25, 0.3) is 0 Å². The molecule has 0 aromatic heterocycles.